The summed E-state index contributed by atoms with van der Waals surface area (Å²) >= 11 is 3.25. The lowest BCUT2D eigenvalue weighted by atomic mass is 10.1. The van der Waals surface area contributed by atoms with Gasteiger partial charge in [0.25, 0.3) is 0 Å². The molecular formula is C10H13BrN2. The van der Waals surface area contributed by atoms with E-state index in [0.717, 1.165) is 5.56 Å². The van der Waals surface area contributed by atoms with Gasteiger partial charge in [-0.15, -0.1) is 0 Å². The Labute approximate surface area is 87.5 Å². The third-order valence-corrected chi connectivity index (χ3v) is 1.85. The molecule has 0 saturated heterocycles. The van der Waals surface area contributed by atoms with Gasteiger partial charge in [-0.25, -0.2) is 0 Å². The molecule has 0 fully saturated rings. The zero-order valence-corrected chi connectivity index (χ0v) is 9.72. The number of alkyl halides is 1. The Morgan fingerprint density at radius 1 is 1.54 bits per heavy atom. The van der Waals surface area contributed by atoms with Crippen molar-refractivity contribution in [2.75, 3.05) is 5.33 Å². The van der Waals surface area contributed by atoms with Crippen molar-refractivity contribution in [2.45, 2.75) is 26.3 Å². The third kappa shape index (κ3) is 2.89. The summed E-state index contributed by atoms with van der Waals surface area (Å²) in [4.78, 5) is 0. The lowest BCUT2D eigenvalue weighted by molar-refractivity contribution is 0.355. The van der Waals surface area contributed by atoms with Gasteiger partial charge in [0.05, 0.1) is 22.6 Å². The molecule has 13 heavy (non-hydrogen) atoms. The Kier molecular flexibility index (Phi) is 3.16. The van der Waals surface area contributed by atoms with E-state index in [0.29, 0.717) is 5.33 Å². The molecule has 0 N–H and O–H groups in total. The maximum atomic E-state index is 4.24. The average molecular weight is 241 g/mol. The molecule has 70 valence electrons. The quantitative estimate of drug-likeness (QED) is 0.503. The van der Waals surface area contributed by atoms with Crippen molar-refractivity contribution in [1.29, 1.82) is 0 Å². The first-order chi connectivity index (χ1) is 6.04. The first-order valence-corrected chi connectivity index (χ1v) is 5.26. The SMILES string of the molecule is CC(C)(C)n1cc(C#CCBr)cn1. The topological polar surface area (TPSA) is 17.8 Å². The molecule has 1 heterocycles. The Morgan fingerprint density at radius 3 is 2.69 bits per heavy atom. The molecule has 1 rings (SSSR count). The van der Waals surface area contributed by atoms with Crippen LogP contribution in [0.2, 0.25) is 0 Å². The van der Waals surface area contributed by atoms with Gasteiger partial charge in [-0.2, -0.15) is 5.10 Å². The molecule has 0 aliphatic heterocycles. The van der Waals surface area contributed by atoms with E-state index in [-0.39, 0.29) is 5.54 Å². The predicted molar refractivity (Wildman–Crippen MR) is 57.9 cm³/mol. The maximum absolute atomic E-state index is 4.24. The Morgan fingerprint density at radius 2 is 2.23 bits per heavy atom. The fourth-order valence-corrected chi connectivity index (χ4v) is 1.03. The van der Waals surface area contributed by atoms with Crippen LogP contribution >= 0.6 is 15.9 Å². The maximum Gasteiger partial charge on any atom is 0.0649 e. The van der Waals surface area contributed by atoms with Gasteiger partial charge in [-0.3, -0.25) is 4.68 Å². The molecule has 2 nitrogen and oxygen atoms in total. The van der Waals surface area contributed by atoms with Gasteiger partial charge in [0.2, 0.25) is 0 Å². The smallest absolute Gasteiger partial charge is 0.0649 e. The molecule has 0 aliphatic carbocycles. The molecular weight excluding hydrogens is 228 g/mol. The van der Waals surface area contributed by atoms with Crippen LogP contribution in [-0.2, 0) is 5.54 Å². The molecule has 0 saturated carbocycles. The number of halogens is 1. The first-order valence-electron chi connectivity index (χ1n) is 4.14. The molecule has 0 bridgehead atoms. The summed E-state index contributed by atoms with van der Waals surface area (Å²) < 4.78 is 1.92. The van der Waals surface area contributed by atoms with Gasteiger partial charge in [-0.1, -0.05) is 27.8 Å². The molecule has 0 amide bonds. The highest BCUT2D eigenvalue weighted by atomic mass is 79.9. The molecule has 0 spiro atoms. The van der Waals surface area contributed by atoms with E-state index in [4.69, 9.17) is 0 Å². The van der Waals surface area contributed by atoms with Gasteiger partial charge >= 0.3 is 0 Å². The highest BCUT2D eigenvalue weighted by Gasteiger charge is 2.12. The molecule has 0 aliphatic rings. The normalized spacial score (nSPS) is 10.8. The Hall–Kier alpha value is -0.750. The minimum Gasteiger partial charge on any atom is -0.266 e. The van der Waals surface area contributed by atoms with Crippen molar-refractivity contribution in [2.24, 2.45) is 0 Å². The van der Waals surface area contributed by atoms with Crippen LogP contribution in [-0.4, -0.2) is 15.1 Å². The number of hydrogen-bond acceptors (Lipinski definition) is 1. The van der Waals surface area contributed by atoms with Crippen LogP contribution in [0, 0.1) is 11.8 Å². The fourth-order valence-electron chi connectivity index (χ4n) is 0.890. The Bertz CT molecular complexity index is 336. The monoisotopic (exact) mass is 240 g/mol. The molecule has 0 atom stereocenters. The van der Waals surface area contributed by atoms with Crippen LogP contribution < -0.4 is 0 Å². The van der Waals surface area contributed by atoms with E-state index in [9.17, 15) is 0 Å². The first kappa shape index (κ1) is 10.3. The predicted octanol–water partition coefficient (Wildman–Crippen LogP) is 2.38. The lowest BCUT2D eigenvalue weighted by Gasteiger charge is -2.18. The van der Waals surface area contributed by atoms with Gasteiger partial charge in [0.1, 0.15) is 0 Å². The summed E-state index contributed by atoms with van der Waals surface area (Å²) in [6.45, 7) is 6.34. The summed E-state index contributed by atoms with van der Waals surface area (Å²) in [5.74, 6) is 5.95. The highest BCUT2D eigenvalue weighted by molar-refractivity contribution is 9.09. The summed E-state index contributed by atoms with van der Waals surface area (Å²) in [7, 11) is 0. The summed E-state index contributed by atoms with van der Waals surface area (Å²) in [6, 6.07) is 0. The number of hydrogen-bond donors (Lipinski definition) is 0. The van der Waals surface area contributed by atoms with E-state index >= 15 is 0 Å². The van der Waals surface area contributed by atoms with Gasteiger partial charge in [0.15, 0.2) is 0 Å². The number of nitrogens with zero attached hydrogens (tertiary/aromatic N) is 2. The van der Waals surface area contributed by atoms with Gasteiger partial charge in [0, 0.05) is 6.20 Å². The molecule has 3 heteroatoms. The number of aromatic nitrogens is 2. The zero-order chi connectivity index (χ0) is 9.90. The highest BCUT2D eigenvalue weighted by Crippen LogP contribution is 2.12. The standard InChI is InChI=1S/C10H13BrN2/c1-10(2,3)13-8-9(7-12-13)5-4-6-11/h7-8H,6H2,1-3H3. The second-order valence-corrected chi connectivity index (χ2v) is 4.34. The van der Waals surface area contributed by atoms with E-state index in [1.807, 2.05) is 10.9 Å². The second kappa shape index (κ2) is 3.97. The van der Waals surface area contributed by atoms with E-state index in [2.05, 4.69) is 53.6 Å². The summed E-state index contributed by atoms with van der Waals surface area (Å²) in [5, 5.41) is 4.94. The summed E-state index contributed by atoms with van der Waals surface area (Å²) in [5.41, 5.74) is 1.00. The molecule has 0 unspecified atom stereocenters. The van der Waals surface area contributed by atoms with Gasteiger partial charge in [-0.05, 0) is 20.8 Å². The lowest BCUT2D eigenvalue weighted by Crippen LogP contribution is -2.21. The van der Waals surface area contributed by atoms with Crippen LogP contribution in [0.15, 0.2) is 12.4 Å². The van der Waals surface area contributed by atoms with Crippen LogP contribution in [0.1, 0.15) is 26.3 Å². The van der Waals surface area contributed by atoms with Crippen molar-refractivity contribution in [3.8, 4) is 11.8 Å². The number of rotatable bonds is 0. The summed E-state index contributed by atoms with van der Waals surface area (Å²) in [6.07, 6.45) is 3.76. The van der Waals surface area contributed by atoms with E-state index < -0.39 is 0 Å². The van der Waals surface area contributed by atoms with E-state index in [1.165, 1.54) is 0 Å². The third-order valence-electron chi connectivity index (χ3n) is 1.57. The van der Waals surface area contributed by atoms with Crippen LogP contribution in [0.4, 0.5) is 0 Å². The molecule has 1 aromatic heterocycles. The minimum atomic E-state index is 0.0360. The van der Waals surface area contributed by atoms with Crippen molar-refractivity contribution in [1.82, 2.24) is 9.78 Å². The fraction of sp³-hybridized carbons (Fsp3) is 0.500. The van der Waals surface area contributed by atoms with Gasteiger partial charge < -0.3 is 0 Å². The van der Waals surface area contributed by atoms with Crippen molar-refractivity contribution < 1.29 is 0 Å². The minimum absolute atomic E-state index is 0.0360. The molecule has 1 aromatic rings. The van der Waals surface area contributed by atoms with Crippen molar-refractivity contribution in [3.63, 3.8) is 0 Å². The van der Waals surface area contributed by atoms with Crippen molar-refractivity contribution >= 4 is 15.9 Å². The van der Waals surface area contributed by atoms with E-state index in [1.54, 1.807) is 6.20 Å². The van der Waals surface area contributed by atoms with Crippen LogP contribution in [0.25, 0.3) is 0 Å². The van der Waals surface area contributed by atoms with Crippen LogP contribution in [0.3, 0.4) is 0 Å². The molecule has 0 radical (unpaired) electrons. The zero-order valence-electron chi connectivity index (χ0n) is 8.13. The Balaban J connectivity index is 2.87. The van der Waals surface area contributed by atoms with Crippen LogP contribution in [0.5, 0.6) is 0 Å². The average Bonchev–Trinajstić information content (AvgIpc) is 2.47. The molecule has 0 aromatic carbocycles. The largest absolute Gasteiger partial charge is 0.266 e. The van der Waals surface area contributed by atoms with Crippen molar-refractivity contribution in [3.05, 3.63) is 18.0 Å². The second-order valence-electron chi connectivity index (χ2n) is 3.78.